The Labute approximate surface area is 184 Å². The molecule has 0 aliphatic carbocycles. The van der Waals surface area contributed by atoms with E-state index in [1.807, 2.05) is 24.3 Å². The van der Waals surface area contributed by atoms with Gasteiger partial charge in [-0.2, -0.15) is 4.31 Å². The number of carbonyl (C=O) groups excluding carboxylic acids is 1. The number of hydrogen-bond acceptors (Lipinski definition) is 3. The molecule has 5 nitrogen and oxygen atoms in total. The Morgan fingerprint density at radius 1 is 1.10 bits per heavy atom. The fraction of sp³-hybridized carbons (Fsp3) is 0.435. The van der Waals surface area contributed by atoms with Crippen LogP contribution in [0.15, 0.2) is 53.4 Å². The van der Waals surface area contributed by atoms with Gasteiger partial charge in [-0.05, 0) is 67.6 Å². The Bertz CT molecular complexity index is 943. The maximum absolute atomic E-state index is 13.1. The van der Waals surface area contributed by atoms with Crippen molar-refractivity contribution in [2.75, 3.05) is 11.9 Å². The summed E-state index contributed by atoms with van der Waals surface area (Å²) in [5.74, 6) is -0.167. The van der Waals surface area contributed by atoms with Crippen LogP contribution in [0.25, 0.3) is 0 Å². The Balaban J connectivity index is 1.66. The first kappa shape index (κ1) is 22.8. The van der Waals surface area contributed by atoms with Crippen LogP contribution >= 0.6 is 11.6 Å². The quantitative estimate of drug-likeness (QED) is 0.599. The number of halogens is 1. The second-order valence-electron chi connectivity index (χ2n) is 7.77. The maximum atomic E-state index is 13.1. The number of sulfonamides is 1. The zero-order chi connectivity index (χ0) is 21.6. The number of rotatable bonds is 8. The van der Waals surface area contributed by atoms with Gasteiger partial charge in [0.2, 0.25) is 15.9 Å². The number of nitrogens with zero attached hydrogens (tertiary/aromatic N) is 1. The summed E-state index contributed by atoms with van der Waals surface area (Å²) in [5.41, 5.74) is 1.99. The molecule has 1 atom stereocenters. The van der Waals surface area contributed by atoms with Gasteiger partial charge in [-0.1, -0.05) is 43.5 Å². The van der Waals surface area contributed by atoms with Gasteiger partial charge in [0, 0.05) is 29.7 Å². The Kier molecular flexibility index (Phi) is 7.92. The van der Waals surface area contributed by atoms with E-state index in [1.165, 1.54) is 22.0 Å². The summed E-state index contributed by atoms with van der Waals surface area (Å²) in [6.07, 6.45) is 5.85. The molecule has 162 valence electrons. The van der Waals surface area contributed by atoms with E-state index in [-0.39, 0.29) is 23.3 Å². The van der Waals surface area contributed by atoms with Gasteiger partial charge in [-0.25, -0.2) is 8.42 Å². The van der Waals surface area contributed by atoms with Crippen molar-refractivity contribution in [3.63, 3.8) is 0 Å². The average molecular weight is 449 g/mol. The van der Waals surface area contributed by atoms with E-state index in [2.05, 4.69) is 12.2 Å². The van der Waals surface area contributed by atoms with E-state index in [1.54, 1.807) is 12.1 Å². The Morgan fingerprint density at radius 3 is 2.47 bits per heavy atom. The summed E-state index contributed by atoms with van der Waals surface area (Å²) in [5, 5.41) is 3.40. The lowest BCUT2D eigenvalue weighted by Gasteiger charge is -2.34. The first-order valence-electron chi connectivity index (χ1n) is 10.6. The topological polar surface area (TPSA) is 66.5 Å². The third-order valence-electron chi connectivity index (χ3n) is 5.47. The fourth-order valence-corrected chi connectivity index (χ4v) is 5.62. The number of nitrogens with one attached hydrogen (secondary N) is 1. The van der Waals surface area contributed by atoms with Crippen molar-refractivity contribution in [3.05, 3.63) is 59.1 Å². The van der Waals surface area contributed by atoms with E-state index >= 15 is 0 Å². The number of piperidine rings is 1. The third kappa shape index (κ3) is 5.84. The fourth-order valence-electron chi connectivity index (χ4n) is 3.80. The van der Waals surface area contributed by atoms with Crippen LogP contribution in [0.5, 0.6) is 0 Å². The highest BCUT2D eigenvalue weighted by atomic mass is 35.5. The van der Waals surface area contributed by atoms with Crippen molar-refractivity contribution < 1.29 is 13.2 Å². The predicted molar refractivity (Wildman–Crippen MR) is 121 cm³/mol. The predicted octanol–water partition coefficient (Wildman–Crippen LogP) is 5.25. The number of hydrogen-bond donors (Lipinski definition) is 1. The number of benzene rings is 2. The number of anilines is 1. The van der Waals surface area contributed by atoms with Gasteiger partial charge in [-0.3, -0.25) is 4.79 Å². The van der Waals surface area contributed by atoms with Crippen LogP contribution in [0.4, 0.5) is 5.69 Å². The second kappa shape index (κ2) is 10.4. The van der Waals surface area contributed by atoms with Gasteiger partial charge in [0.25, 0.3) is 0 Å². The molecule has 1 aliphatic heterocycles. The van der Waals surface area contributed by atoms with Gasteiger partial charge in [0.15, 0.2) is 0 Å². The molecular formula is C23H29ClN2O3S. The zero-order valence-corrected chi connectivity index (χ0v) is 18.9. The first-order valence-corrected chi connectivity index (χ1v) is 12.4. The molecule has 7 heteroatoms. The molecule has 2 aromatic rings. The van der Waals surface area contributed by atoms with Crippen LogP contribution in [-0.4, -0.2) is 31.2 Å². The van der Waals surface area contributed by atoms with Crippen LogP contribution in [0.3, 0.4) is 0 Å². The molecular weight excluding hydrogens is 420 g/mol. The maximum Gasteiger partial charge on any atom is 0.243 e. The van der Waals surface area contributed by atoms with E-state index < -0.39 is 10.0 Å². The number of carbonyl (C=O) groups is 1. The molecule has 1 heterocycles. The molecule has 2 aromatic carbocycles. The minimum absolute atomic E-state index is 0.143. The van der Waals surface area contributed by atoms with Gasteiger partial charge >= 0.3 is 0 Å². The molecule has 1 N–H and O–H groups in total. The monoisotopic (exact) mass is 448 g/mol. The SMILES string of the molecule is CCCCc1ccc(NC(=O)CC2CCCCN2S(=O)(=O)c2ccc(Cl)cc2)cc1. The summed E-state index contributed by atoms with van der Waals surface area (Å²) in [7, 11) is -3.67. The molecule has 0 saturated carbocycles. The summed E-state index contributed by atoms with van der Waals surface area (Å²) in [6.45, 7) is 2.59. The van der Waals surface area contributed by atoms with Gasteiger partial charge < -0.3 is 5.32 Å². The van der Waals surface area contributed by atoms with Crippen molar-refractivity contribution in [2.45, 2.75) is 62.8 Å². The minimum Gasteiger partial charge on any atom is -0.326 e. The smallest absolute Gasteiger partial charge is 0.243 e. The summed E-state index contributed by atoms with van der Waals surface area (Å²) in [6, 6.07) is 13.7. The highest BCUT2D eigenvalue weighted by molar-refractivity contribution is 7.89. The molecule has 30 heavy (non-hydrogen) atoms. The van der Waals surface area contributed by atoms with Gasteiger partial charge in [0.1, 0.15) is 0 Å². The second-order valence-corrected chi connectivity index (χ2v) is 10.1. The highest BCUT2D eigenvalue weighted by Gasteiger charge is 2.34. The van der Waals surface area contributed by atoms with Crippen molar-refractivity contribution in [2.24, 2.45) is 0 Å². The van der Waals surface area contributed by atoms with E-state index in [4.69, 9.17) is 11.6 Å². The van der Waals surface area contributed by atoms with E-state index in [0.717, 1.165) is 37.8 Å². The molecule has 1 amide bonds. The molecule has 1 unspecified atom stereocenters. The minimum atomic E-state index is -3.67. The van der Waals surface area contributed by atoms with Crippen molar-refractivity contribution in [1.29, 1.82) is 0 Å². The van der Waals surface area contributed by atoms with Crippen molar-refractivity contribution >= 4 is 33.2 Å². The lowest BCUT2D eigenvalue weighted by Crippen LogP contribution is -2.45. The molecule has 0 aromatic heterocycles. The molecule has 3 rings (SSSR count). The van der Waals surface area contributed by atoms with Crippen LogP contribution in [0.1, 0.15) is 51.0 Å². The van der Waals surface area contributed by atoms with Crippen molar-refractivity contribution in [1.82, 2.24) is 4.31 Å². The first-order chi connectivity index (χ1) is 14.4. The molecule has 0 bridgehead atoms. The lowest BCUT2D eigenvalue weighted by molar-refractivity contribution is -0.117. The molecule has 1 saturated heterocycles. The highest BCUT2D eigenvalue weighted by Crippen LogP contribution is 2.28. The van der Waals surface area contributed by atoms with E-state index in [9.17, 15) is 13.2 Å². The van der Waals surface area contributed by atoms with Crippen LogP contribution in [-0.2, 0) is 21.2 Å². The Morgan fingerprint density at radius 2 is 1.80 bits per heavy atom. The molecule has 0 radical (unpaired) electrons. The van der Waals surface area contributed by atoms with Crippen LogP contribution in [0, 0.1) is 0 Å². The number of amides is 1. The zero-order valence-electron chi connectivity index (χ0n) is 17.3. The van der Waals surface area contributed by atoms with Crippen LogP contribution < -0.4 is 5.32 Å². The molecule has 1 aliphatic rings. The van der Waals surface area contributed by atoms with E-state index in [0.29, 0.717) is 18.0 Å². The van der Waals surface area contributed by atoms with Gasteiger partial charge in [0.05, 0.1) is 4.90 Å². The number of aryl methyl sites for hydroxylation is 1. The molecule has 1 fully saturated rings. The average Bonchev–Trinajstić information content (AvgIpc) is 2.74. The largest absolute Gasteiger partial charge is 0.326 e. The summed E-state index contributed by atoms with van der Waals surface area (Å²) >= 11 is 5.90. The van der Waals surface area contributed by atoms with Crippen LogP contribution in [0.2, 0.25) is 5.02 Å². The molecule has 0 spiro atoms. The van der Waals surface area contributed by atoms with Crippen molar-refractivity contribution in [3.8, 4) is 0 Å². The normalized spacial score (nSPS) is 17.6. The standard InChI is InChI=1S/C23H29ClN2O3S/c1-2-3-6-18-8-12-20(13-9-18)25-23(27)17-21-7-4-5-16-26(21)30(28,29)22-14-10-19(24)11-15-22/h8-15,21H,2-7,16-17H2,1H3,(H,25,27). The lowest BCUT2D eigenvalue weighted by atomic mass is 10.0. The summed E-state index contributed by atoms with van der Waals surface area (Å²) < 4.78 is 27.7. The third-order valence-corrected chi connectivity index (χ3v) is 7.69. The number of unbranched alkanes of at least 4 members (excludes halogenated alkanes) is 1. The van der Waals surface area contributed by atoms with Gasteiger partial charge in [-0.15, -0.1) is 0 Å². The summed E-state index contributed by atoms with van der Waals surface area (Å²) in [4.78, 5) is 12.9. The Hall–Kier alpha value is -1.89.